The Kier molecular flexibility index (Phi) is 6.95. The minimum Gasteiger partial charge on any atom is -0.348 e. The number of fused-ring (bicyclic) bond motifs is 1. The molecule has 2 aromatic carbocycles. The van der Waals surface area contributed by atoms with Gasteiger partial charge in [-0.05, 0) is 124 Å². The molecule has 5 heteroatoms. The van der Waals surface area contributed by atoms with Gasteiger partial charge in [0.25, 0.3) is 5.91 Å². The maximum atomic E-state index is 13.1. The Balaban J connectivity index is 1.30. The van der Waals surface area contributed by atoms with E-state index in [1.54, 1.807) is 6.20 Å². The number of pyridine rings is 1. The Bertz CT molecular complexity index is 1230. The van der Waals surface area contributed by atoms with Gasteiger partial charge in [0.15, 0.2) is 0 Å². The van der Waals surface area contributed by atoms with Crippen molar-refractivity contribution in [2.45, 2.75) is 57.9 Å². The zero-order valence-electron chi connectivity index (χ0n) is 20.9. The molecule has 3 aromatic rings. The fraction of sp³-hybridized carbons (Fsp3) is 0.400. The summed E-state index contributed by atoms with van der Waals surface area (Å²) in [5.41, 5.74) is 9.51. The first-order valence-electron chi connectivity index (χ1n) is 12.7. The van der Waals surface area contributed by atoms with Crippen molar-refractivity contribution in [3.05, 3.63) is 87.2 Å². The summed E-state index contributed by atoms with van der Waals surface area (Å²) in [6.07, 6.45) is 7.11. The summed E-state index contributed by atoms with van der Waals surface area (Å²) >= 11 is 6.09. The van der Waals surface area contributed by atoms with E-state index in [0.29, 0.717) is 11.6 Å². The van der Waals surface area contributed by atoms with E-state index in [1.165, 1.54) is 35.1 Å². The smallest absolute Gasteiger partial charge is 0.270 e. The molecule has 1 aromatic heterocycles. The number of amides is 1. The summed E-state index contributed by atoms with van der Waals surface area (Å²) in [7, 11) is 2.21. The van der Waals surface area contributed by atoms with Crippen LogP contribution in [0.1, 0.15) is 63.5 Å². The number of aromatic nitrogens is 1. The number of benzene rings is 2. The van der Waals surface area contributed by atoms with Crippen molar-refractivity contribution >= 4 is 17.5 Å². The molecule has 182 valence electrons. The lowest BCUT2D eigenvalue weighted by Gasteiger charge is -2.34. The molecule has 1 aliphatic heterocycles. The largest absolute Gasteiger partial charge is 0.348 e. The third-order valence-corrected chi connectivity index (χ3v) is 8.12. The molecule has 1 amide bonds. The average Bonchev–Trinajstić information content (AvgIpc) is 2.85. The predicted molar refractivity (Wildman–Crippen MR) is 143 cm³/mol. The molecule has 2 heterocycles. The number of nitrogens with one attached hydrogen (secondary N) is 1. The summed E-state index contributed by atoms with van der Waals surface area (Å²) < 4.78 is 0. The van der Waals surface area contributed by atoms with E-state index in [-0.39, 0.29) is 11.9 Å². The fourth-order valence-corrected chi connectivity index (χ4v) is 6.03. The van der Waals surface area contributed by atoms with Gasteiger partial charge in [0.1, 0.15) is 5.69 Å². The van der Waals surface area contributed by atoms with Crippen molar-refractivity contribution in [3.8, 4) is 11.1 Å². The highest BCUT2D eigenvalue weighted by Crippen LogP contribution is 2.36. The number of halogens is 1. The van der Waals surface area contributed by atoms with Gasteiger partial charge in [0.05, 0.1) is 0 Å². The lowest BCUT2D eigenvalue weighted by atomic mass is 9.77. The van der Waals surface area contributed by atoms with Crippen LogP contribution in [0.25, 0.3) is 11.1 Å². The maximum Gasteiger partial charge on any atom is 0.270 e. The molecule has 0 spiro atoms. The average molecular weight is 488 g/mol. The van der Waals surface area contributed by atoms with Gasteiger partial charge in [-0.15, -0.1) is 0 Å². The number of piperidine rings is 1. The highest BCUT2D eigenvalue weighted by atomic mass is 35.5. The maximum absolute atomic E-state index is 13.1. The van der Waals surface area contributed by atoms with E-state index in [1.807, 2.05) is 37.3 Å². The normalized spacial score (nSPS) is 18.8. The van der Waals surface area contributed by atoms with Crippen LogP contribution in [0.2, 0.25) is 5.02 Å². The zero-order chi connectivity index (χ0) is 24.5. The molecule has 0 bridgehead atoms. The minimum atomic E-state index is -0.0914. The number of hydrogen-bond acceptors (Lipinski definition) is 3. The van der Waals surface area contributed by atoms with Gasteiger partial charge in [0.2, 0.25) is 0 Å². The Morgan fingerprint density at radius 3 is 2.51 bits per heavy atom. The molecule has 1 atom stereocenters. The first-order chi connectivity index (χ1) is 16.9. The highest BCUT2D eigenvalue weighted by Gasteiger charge is 2.28. The quantitative estimate of drug-likeness (QED) is 0.482. The van der Waals surface area contributed by atoms with Crippen LogP contribution < -0.4 is 5.32 Å². The summed E-state index contributed by atoms with van der Waals surface area (Å²) in [6.45, 7) is 6.57. The molecule has 1 saturated heterocycles. The molecule has 0 unspecified atom stereocenters. The molecule has 5 rings (SSSR count). The van der Waals surface area contributed by atoms with Gasteiger partial charge >= 0.3 is 0 Å². The predicted octanol–water partition coefficient (Wildman–Crippen LogP) is 6.12. The first-order valence-corrected chi connectivity index (χ1v) is 13.1. The number of nitrogens with zero attached hydrogens (tertiary/aromatic N) is 2. The number of carbonyl (C=O) groups is 1. The molecule has 0 saturated carbocycles. The molecular weight excluding hydrogens is 454 g/mol. The van der Waals surface area contributed by atoms with Gasteiger partial charge < -0.3 is 10.2 Å². The monoisotopic (exact) mass is 487 g/mol. The molecule has 1 fully saturated rings. The van der Waals surface area contributed by atoms with Crippen molar-refractivity contribution in [1.82, 2.24) is 15.2 Å². The van der Waals surface area contributed by atoms with Crippen molar-refractivity contribution < 1.29 is 4.79 Å². The second-order valence-electron chi connectivity index (χ2n) is 10.3. The summed E-state index contributed by atoms with van der Waals surface area (Å²) in [6, 6.07) is 14.4. The van der Waals surface area contributed by atoms with Crippen molar-refractivity contribution in [2.75, 3.05) is 20.1 Å². The van der Waals surface area contributed by atoms with Crippen LogP contribution in [0.15, 0.2) is 48.7 Å². The van der Waals surface area contributed by atoms with Gasteiger partial charge in [0, 0.05) is 22.8 Å². The van der Waals surface area contributed by atoms with E-state index < -0.39 is 0 Å². The Morgan fingerprint density at radius 1 is 1.00 bits per heavy atom. The second kappa shape index (κ2) is 10.1. The Labute approximate surface area is 213 Å². The van der Waals surface area contributed by atoms with Crippen LogP contribution in [0, 0.1) is 13.8 Å². The van der Waals surface area contributed by atoms with Crippen LogP contribution >= 0.6 is 11.6 Å². The van der Waals surface area contributed by atoms with E-state index in [4.69, 9.17) is 11.6 Å². The van der Waals surface area contributed by atoms with Crippen LogP contribution in [-0.4, -0.2) is 42.0 Å². The topological polar surface area (TPSA) is 45.2 Å². The Morgan fingerprint density at radius 2 is 1.80 bits per heavy atom. The standard InChI is InChI=1S/C30H34ClN3O/c1-19-4-8-27(21-12-14-34(3)15-13-21)28-17-24(7-10-26(19)28)33-30(35)29-11-5-22(18-32-29)25-9-6-23(31)16-20(25)2/h4-6,8-9,11,16,18,21,24H,7,10,12-15,17H2,1-3H3,(H,33,35)/t24-/m0/s1. The molecule has 35 heavy (non-hydrogen) atoms. The van der Waals surface area contributed by atoms with Crippen LogP contribution in [0.5, 0.6) is 0 Å². The molecule has 2 aliphatic rings. The highest BCUT2D eigenvalue weighted by molar-refractivity contribution is 6.30. The van der Waals surface area contributed by atoms with Crippen LogP contribution in [0.4, 0.5) is 0 Å². The first kappa shape index (κ1) is 24.0. The second-order valence-corrected chi connectivity index (χ2v) is 10.7. The summed E-state index contributed by atoms with van der Waals surface area (Å²) in [4.78, 5) is 20.0. The summed E-state index contributed by atoms with van der Waals surface area (Å²) in [5, 5.41) is 4.00. The van der Waals surface area contributed by atoms with E-state index in [9.17, 15) is 4.79 Å². The lowest BCUT2D eigenvalue weighted by molar-refractivity contribution is 0.0928. The number of likely N-dealkylation sites (tertiary alicyclic amines) is 1. The molecule has 0 radical (unpaired) electrons. The lowest BCUT2D eigenvalue weighted by Crippen LogP contribution is -2.40. The summed E-state index contributed by atoms with van der Waals surface area (Å²) in [5.74, 6) is 0.534. The number of carbonyl (C=O) groups excluding carboxylic acids is 1. The number of aryl methyl sites for hydroxylation is 2. The van der Waals surface area contributed by atoms with Gasteiger partial charge in [-0.2, -0.15) is 0 Å². The molecular formula is C30H34ClN3O. The van der Waals surface area contributed by atoms with Crippen molar-refractivity contribution in [2.24, 2.45) is 0 Å². The zero-order valence-corrected chi connectivity index (χ0v) is 21.7. The third-order valence-electron chi connectivity index (χ3n) is 7.88. The number of rotatable bonds is 4. The SMILES string of the molecule is Cc1cc(Cl)ccc1-c1ccc(C(=O)N[C@H]2CCc3c(C)ccc(C4CCN(C)CC4)c3C2)nc1. The van der Waals surface area contributed by atoms with Crippen molar-refractivity contribution in [1.29, 1.82) is 0 Å². The van der Waals surface area contributed by atoms with Gasteiger partial charge in [-0.25, -0.2) is 0 Å². The fourth-order valence-electron chi connectivity index (χ4n) is 5.81. The number of hydrogen-bond donors (Lipinski definition) is 1. The van der Waals surface area contributed by atoms with Crippen molar-refractivity contribution in [3.63, 3.8) is 0 Å². The van der Waals surface area contributed by atoms with Gasteiger partial charge in [-0.1, -0.05) is 35.9 Å². The Hall–Kier alpha value is -2.69. The van der Waals surface area contributed by atoms with Gasteiger partial charge in [-0.3, -0.25) is 9.78 Å². The molecule has 1 N–H and O–H groups in total. The van der Waals surface area contributed by atoms with E-state index >= 15 is 0 Å². The van der Waals surface area contributed by atoms with Crippen LogP contribution in [0.3, 0.4) is 0 Å². The van der Waals surface area contributed by atoms with E-state index in [2.05, 4.69) is 41.3 Å². The molecule has 1 aliphatic carbocycles. The minimum absolute atomic E-state index is 0.0914. The third kappa shape index (κ3) is 5.14. The molecule has 4 nitrogen and oxygen atoms in total. The van der Waals surface area contributed by atoms with Crippen LogP contribution in [-0.2, 0) is 12.8 Å². The van der Waals surface area contributed by atoms with E-state index in [0.717, 1.165) is 54.1 Å².